The molecule has 7 N–H and O–H groups in total. The number of unbranched alkanes of at least 4 members (excludes halogenated alkanes) is 2. The van der Waals surface area contributed by atoms with Crippen LogP contribution in [-0.2, 0) is 24.0 Å². The van der Waals surface area contributed by atoms with Crippen LogP contribution in [-0.4, -0.2) is 79.3 Å². The molecular formula is C21H38BIN6O6. The minimum atomic E-state index is -0.951. The van der Waals surface area contributed by atoms with Crippen LogP contribution in [0.15, 0.2) is 0 Å². The largest absolute Gasteiger partial charge is 0.355 e. The molecular weight excluding hydrogens is 570 g/mol. The van der Waals surface area contributed by atoms with Gasteiger partial charge in [0, 0.05) is 19.5 Å². The van der Waals surface area contributed by atoms with Crippen molar-refractivity contribution in [3.8, 4) is 0 Å². The summed E-state index contributed by atoms with van der Waals surface area (Å²) in [4.78, 5) is 71.1. The summed E-state index contributed by atoms with van der Waals surface area (Å²) in [5.74, 6) is -1.58. The van der Waals surface area contributed by atoms with Crippen molar-refractivity contribution in [2.45, 2.75) is 64.5 Å². The first-order valence-corrected chi connectivity index (χ1v) is 13.2. The average molecular weight is 608 g/mol. The van der Waals surface area contributed by atoms with Gasteiger partial charge in [-0.05, 0) is 31.6 Å². The van der Waals surface area contributed by atoms with Gasteiger partial charge in [0.05, 0.1) is 11.0 Å². The number of nitrogens with one attached hydrogen (secondary N) is 5. The Hall–Kier alpha value is -2.39. The Bertz CT molecular complexity index is 739. The highest BCUT2D eigenvalue weighted by Crippen LogP contribution is 2.07. The molecule has 0 rings (SSSR count). The van der Waals surface area contributed by atoms with Crippen molar-refractivity contribution in [1.29, 1.82) is 0 Å². The minimum Gasteiger partial charge on any atom is -0.355 e. The second kappa shape index (κ2) is 18.9. The molecule has 0 heterocycles. The molecule has 1 unspecified atom stereocenters. The van der Waals surface area contributed by atoms with E-state index in [0.29, 0.717) is 23.8 Å². The van der Waals surface area contributed by atoms with E-state index in [1.165, 1.54) is 7.85 Å². The topological polar surface area (TPSA) is 189 Å². The van der Waals surface area contributed by atoms with Gasteiger partial charge in [0.25, 0.3) is 0 Å². The Morgan fingerprint density at radius 3 is 2.06 bits per heavy atom. The molecule has 0 aromatic rings. The van der Waals surface area contributed by atoms with E-state index in [1.807, 2.05) is 22.6 Å². The third-order valence-electron chi connectivity index (χ3n) is 4.90. The van der Waals surface area contributed by atoms with Crippen molar-refractivity contribution in [1.82, 2.24) is 26.6 Å². The Morgan fingerprint density at radius 2 is 1.49 bits per heavy atom. The number of halogens is 1. The molecule has 0 radical (unpaired) electrons. The summed E-state index contributed by atoms with van der Waals surface area (Å²) in [6, 6.07) is -2.50. The lowest BCUT2D eigenvalue weighted by Gasteiger charge is -2.25. The highest BCUT2D eigenvalue weighted by Gasteiger charge is 2.28. The number of nitrogens with two attached hydrogens (primary N) is 1. The summed E-state index contributed by atoms with van der Waals surface area (Å²) in [6.45, 7) is 4.16. The van der Waals surface area contributed by atoms with Crippen LogP contribution in [0, 0.1) is 5.92 Å². The molecule has 14 heteroatoms. The van der Waals surface area contributed by atoms with Crippen LogP contribution in [0.2, 0.25) is 0 Å². The summed E-state index contributed by atoms with van der Waals surface area (Å²) in [6.07, 6.45) is 2.91. The van der Waals surface area contributed by atoms with E-state index in [2.05, 4.69) is 26.6 Å². The molecule has 0 aliphatic heterocycles. The Morgan fingerprint density at radius 1 is 0.829 bits per heavy atom. The lowest BCUT2D eigenvalue weighted by Crippen LogP contribution is -2.55. The molecule has 0 saturated heterocycles. The summed E-state index contributed by atoms with van der Waals surface area (Å²) in [7, 11) is 1.33. The molecule has 0 aliphatic carbocycles. The van der Waals surface area contributed by atoms with Crippen LogP contribution in [0.3, 0.4) is 0 Å². The van der Waals surface area contributed by atoms with Crippen LogP contribution < -0.4 is 32.3 Å². The lowest BCUT2D eigenvalue weighted by atomic mass is 10.0. The highest BCUT2D eigenvalue weighted by molar-refractivity contribution is 14.1. The monoisotopic (exact) mass is 608 g/mol. The van der Waals surface area contributed by atoms with Crippen LogP contribution in [0.25, 0.3) is 0 Å². The molecule has 2 atom stereocenters. The molecule has 0 saturated carbocycles. The first-order valence-electron chi connectivity index (χ1n) is 11.7. The van der Waals surface area contributed by atoms with E-state index in [1.54, 1.807) is 13.8 Å². The Labute approximate surface area is 221 Å². The van der Waals surface area contributed by atoms with Crippen molar-refractivity contribution in [2.24, 2.45) is 11.7 Å². The third-order valence-corrected chi connectivity index (χ3v) is 5.60. The molecule has 0 spiro atoms. The van der Waals surface area contributed by atoms with Gasteiger partial charge in [0.1, 0.15) is 17.8 Å². The van der Waals surface area contributed by atoms with Gasteiger partial charge in [-0.2, -0.15) is 0 Å². The Balaban J connectivity index is 4.83. The fraction of sp³-hybridized carbons (Fsp3) is 0.714. The van der Waals surface area contributed by atoms with E-state index >= 15 is 0 Å². The van der Waals surface area contributed by atoms with E-state index in [4.69, 9.17) is 5.73 Å². The molecule has 35 heavy (non-hydrogen) atoms. The maximum absolute atomic E-state index is 12.9. The van der Waals surface area contributed by atoms with Gasteiger partial charge in [-0.1, -0.05) is 42.9 Å². The summed E-state index contributed by atoms with van der Waals surface area (Å²) in [5.41, 5.74) is 4.80. The molecule has 0 aliphatic rings. The average Bonchev–Trinajstić information content (AvgIpc) is 2.79. The predicted octanol–water partition coefficient (Wildman–Crippen LogP) is -1.55. The number of amides is 6. The van der Waals surface area contributed by atoms with Crippen molar-refractivity contribution in [3.05, 3.63) is 0 Å². The van der Waals surface area contributed by atoms with Crippen molar-refractivity contribution < 1.29 is 28.8 Å². The van der Waals surface area contributed by atoms with E-state index in [0.717, 1.165) is 12.8 Å². The maximum atomic E-state index is 12.9. The zero-order valence-corrected chi connectivity index (χ0v) is 22.9. The third kappa shape index (κ3) is 16.8. The second-order valence-corrected chi connectivity index (χ2v) is 9.26. The number of carbonyl (C=O) groups excluding carboxylic acids is 6. The van der Waals surface area contributed by atoms with Gasteiger partial charge >= 0.3 is 6.03 Å². The van der Waals surface area contributed by atoms with E-state index in [-0.39, 0.29) is 49.3 Å². The van der Waals surface area contributed by atoms with Crippen molar-refractivity contribution >= 4 is 65.8 Å². The molecule has 198 valence electrons. The SMILES string of the molecule is BC(=O)CNC(=O)[C@H](CCCNC(N)=O)NC(=O)C(NC(=O)CCCCCNC(=O)CI)C(C)C. The second-order valence-electron chi connectivity index (χ2n) is 8.50. The molecule has 0 bridgehead atoms. The number of rotatable bonds is 18. The normalized spacial score (nSPS) is 12.2. The number of urea groups is 1. The van der Waals surface area contributed by atoms with Gasteiger partial charge in [-0.3, -0.25) is 19.2 Å². The van der Waals surface area contributed by atoms with Crippen LogP contribution in [0.4, 0.5) is 4.79 Å². The predicted molar refractivity (Wildman–Crippen MR) is 142 cm³/mol. The fourth-order valence-electron chi connectivity index (χ4n) is 3.03. The number of primary amides is 1. The van der Waals surface area contributed by atoms with Crippen molar-refractivity contribution in [2.75, 3.05) is 24.1 Å². The van der Waals surface area contributed by atoms with E-state index < -0.39 is 29.9 Å². The van der Waals surface area contributed by atoms with Crippen molar-refractivity contribution in [3.63, 3.8) is 0 Å². The van der Waals surface area contributed by atoms with Crippen LogP contribution in [0.1, 0.15) is 52.4 Å². The number of hydrogen-bond acceptors (Lipinski definition) is 6. The lowest BCUT2D eigenvalue weighted by molar-refractivity contribution is -0.133. The fourth-order valence-corrected chi connectivity index (χ4v) is 3.30. The van der Waals surface area contributed by atoms with E-state index in [9.17, 15) is 28.8 Å². The Kier molecular flexibility index (Phi) is 17.6. The van der Waals surface area contributed by atoms with Crippen LogP contribution >= 0.6 is 22.6 Å². The summed E-state index contributed by atoms with van der Waals surface area (Å²) < 4.78 is 0.405. The minimum absolute atomic E-state index is 0.0217. The van der Waals surface area contributed by atoms with Gasteiger partial charge < -0.3 is 37.1 Å². The summed E-state index contributed by atoms with van der Waals surface area (Å²) in [5, 5.41) is 13.0. The molecule has 12 nitrogen and oxygen atoms in total. The van der Waals surface area contributed by atoms with Gasteiger partial charge in [-0.25, -0.2) is 4.79 Å². The zero-order chi connectivity index (χ0) is 26.8. The van der Waals surface area contributed by atoms with Crippen LogP contribution in [0.5, 0.6) is 0 Å². The number of carbonyl (C=O) groups is 6. The number of alkyl halides is 1. The van der Waals surface area contributed by atoms with Gasteiger partial charge in [0.2, 0.25) is 23.6 Å². The first kappa shape index (κ1) is 32.6. The standard InChI is InChI=1S/C21H38BIN6O6/c1-13(2)18(29-16(31)8-4-3-5-9-25-17(32)11-23)20(34)28-14(7-6-10-26-21(24)35)19(33)27-12-15(22)30/h13-14,18H,3-12,22H2,1-2H3,(H,25,32)(H,27,33)(H,28,34)(H,29,31)(H3,24,26,35)/t14-,18?/m0/s1. The molecule has 0 aromatic carbocycles. The quantitative estimate of drug-likeness (QED) is 0.0473. The number of hydrogen-bond donors (Lipinski definition) is 6. The summed E-state index contributed by atoms with van der Waals surface area (Å²) >= 11 is 1.99. The molecule has 6 amide bonds. The van der Waals surface area contributed by atoms with Gasteiger partial charge in [-0.15, -0.1) is 0 Å². The van der Waals surface area contributed by atoms with Gasteiger partial charge in [0.15, 0.2) is 7.85 Å². The highest BCUT2D eigenvalue weighted by atomic mass is 127. The molecule has 0 fully saturated rings. The first-order chi connectivity index (χ1) is 16.5. The zero-order valence-electron chi connectivity index (χ0n) is 20.7. The molecule has 0 aromatic heterocycles. The maximum Gasteiger partial charge on any atom is 0.312 e. The smallest absolute Gasteiger partial charge is 0.312 e.